The zero-order chi connectivity index (χ0) is 19.5. The van der Waals surface area contributed by atoms with Gasteiger partial charge in [0.05, 0.1) is 0 Å². The number of hydrogen-bond donors (Lipinski definition) is 1. The Morgan fingerprint density at radius 3 is 2.50 bits per heavy atom. The van der Waals surface area contributed by atoms with Crippen LogP contribution >= 0.6 is 0 Å². The minimum Gasteiger partial charge on any atom is -0.368 e. The first-order valence-corrected chi connectivity index (χ1v) is 9.98. The minimum atomic E-state index is -0.335. The van der Waals surface area contributed by atoms with Crippen LogP contribution in [0.4, 0.5) is 11.4 Å². The first kappa shape index (κ1) is 18.7. The Morgan fingerprint density at radius 2 is 1.79 bits per heavy atom. The molecule has 0 aromatic heterocycles. The lowest BCUT2D eigenvalue weighted by Crippen LogP contribution is -2.36. The molecular weight excluding hydrogens is 352 g/mol. The number of carbonyl (C=O) groups is 2. The second kappa shape index (κ2) is 8.15. The Hall–Kier alpha value is -2.66. The van der Waals surface area contributed by atoms with Crippen molar-refractivity contribution in [2.45, 2.75) is 38.2 Å². The van der Waals surface area contributed by atoms with Crippen molar-refractivity contribution in [2.24, 2.45) is 5.92 Å². The number of nitrogens with one attached hydrogen (secondary N) is 1. The summed E-state index contributed by atoms with van der Waals surface area (Å²) in [7, 11) is 1.76. The van der Waals surface area contributed by atoms with E-state index in [4.69, 9.17) is 4.74 Å². The maximum absolute atomic E-state index is 12.7. The van der Waals surface area contributed by atoms with Crippen LogP contribution in [0.25, 0.3) is 0 Å². The number of nitrogens with zero attached hydrogens (tertiary/aromatic N) is 1. The predicted molar refractivity (Wildman–Crippen MR) is 109 cm³/mol. The molecule has 2 amide bonds. The summed E-state index contributed by atoms with van der Waals surface area (Å²) in [4.78, 5) is 26.8. The number of fused-ring (bicyclic) bond motifs is 1. The van der Waals surface area contributed by atoms with E-state index in [9.17, 15) is 9.59 Å². The van der Waals surface area contributed by atoms with Gasteiger partial charge in [0.15, 0.2) is 0 Å². The lowest BCUT2D eigenvalue weighted by atomic mass is 9.83. The number of hydrogen-bond acceptors (Lipinski definition) is 3. The molecule has 28 heavy (non-hydrogen) atoms. The molecule has 1 aliphatic heterocycles. The van der Waals surface area contributed by atoms with Gasteiger partial charge in [-0.15, -0.1) is 0 Å². The van der Waals surface area contributed by atoms with Gasteiger partial charge in [-0.25, -0.2) is 0 Å². The van der Waals surface area contributed by atoms with Gasteiger partial charge in [0.1, 0.15) is 6.10 Å². The quantitative estimate of drug-likeness (QED) is 0.885. The van der Waals surface area contributed by atoms with E-state index in [2.05, 4.69) is 23.5 Å². The number of anilines is 2. The van der Waals surface area contributed by atoms with Crippen LogP contribution in [0, 0.1) is 5.92 Å². The van der Waals surface area contributed by atoms with Gasteiger partial charge < -0.3 is 15.0 Å². The molecular formula is C23H26N2O3. The van der Waals surface area contributed by atoms with E-state index in [1.165, 1.54) is 11.1 Å². The van der Waals surface area contributed by atoms with E-state index in [0.29, 0.717) is 6.61 Å². The first-order valence-electron chi connectivity index (χ1n) is 9.98. The van der Waals surface area contributed by atoms with E-state index < -0.39 is 0 Å². The molecule has 1 N–H and O–H groups in total. The third-order valence-electron chi connectivity index (χ3n) is 5.78. The third kappa shape index (κ3) is 3.94. The van der Waals surface area contributed by atoms with Gasteiger partial charge in [-0.2, -0.15) is 0 Å². The Balaban J connectivity index is 1.36. The molecule has 2 aromatic carbocycles. The number of aryl methyl sites for hydroxylation is 1. The number of rotatable bonds is 4. The maximum atomic E-state index is 12.7. The number of amides is 2. The first-order chi connectivity index (χ1) is 13.6. The second-order valence-corrected chi connectivity index (χ2v) is 7.64. The normalized spacial score (nSPS) is 21.0. The molecule has 1 heterocycles. The number of benzene rings is 2. The van der Waals surface area contributed by atoms with E-state index in [1.807, 2.05) is 30.3 Å². The minimum absolute atomic E-state index is 0.00153. The molecule has 0 bridgehead atoms. The van der Waals surface area contributed by atoms with Crippen molar-refractivity contribution in [3.05, 3.63) is 59.7 Å². The molecule has 0 radical (unpaired) electrons. The second-order valence-electron chi connectivity index (χ2n) is 7.64. The molecule has 1 aliphatic carbocycles. The summed E-state index contributed by atoms with van der Waals surface area (Å²) in [6.07, 6.45) is 3.99. The summed E-state index contributed by atoms with van der Waals surface area (Å²) in [6, 6.07) is 15.8. The van der Waals surface area contributed by atoms with Crippen molar-refractivity contribution in [3.63, 3.8) is 0 Å². The molecule has 1 saturated heterocycles. The summed E-state index contributed by atoms with van der Waals surface area (Å²) < 4.78 is 5.48. The summed E-state index contributed by atoms with van der Waals surface area (Å²) in [5, 5.41) is 3.03. The Kier molecular flexibility index (Phi) is 5.44. The molecule has 2 atom stereocenters. The smallest absolute Gasteiger partial charge is 0.255 e. The lowest BCUT2D eigenvalue weighted by Gasteiger charge is -2.24. The van der Waals surface area contributed by atoms with E-state index >= 15 is 0 Å². The Labute approximate surface area is 165 Å². The van der Waals surface area contributed by atoms with Crippen molar-refractivity contribution >= 4 is 23.2 Å². The highest BCUT2D eigenvalue weighted by Gasteiger charge is 2.27. The Morgan fingerprint density at radius 1 is 1.04 bits per heavy atom. The molecule has 0 saturated carbocycles. The van der Waals surface area contributed by atoms with Crippen LogP contribution in [-0.2, 0) is 27.2 Å². The zero-order valence-corrected chi connectivity index (χ0v) is 16.2. The third-order valence-corrected chi connectivity index (χ3v) is 5.78. The summed E-state index contributed by atoms with van der Waals surface area (Å²) in [5.74, 6) is 0.0412. The van der Waals surface area contributed by atoms with Gasteiger partial charge in [-0.3, -0.25) is 9.59 Å². The molecule has 5 nitrogen and oxygen atoms in total. The maximum Gasteiger partial charge on any atom is 0.255 e. The standard InChI is InChI=1S/C23H26N2O3/c1-25(23(27)21-7-4-14-28-21)20-12-10-19(11-13-20)24-22(26)18-9-8-16-5-2-3-6-17(16)15-18/h2-3,5-6,10-13,18,21H,4,7-9,14-15H2,1H3,(H,24,26)/t18-,21-/m0/s1. The van der Waals surface area contributed by atoms with E-state index in [0.717, 1.165) is 43.5 Å². The van der Waals surface area contributed by atoms with E-state index in [1.54, 1.807) is 11.9 Å². The molecule has 4 rings (SSSR count). The van der Waals surface area contributed by atoms with Gasteiger partial charge in [0.25, 0.3) is 5.91 Å². The molecule has 146 valence electrons. The van der Waals surface area contributed by atoms with Crippen LogP contribution in [0.15, 0.2) is 48.5 Å². The average molecular weight is 378 g/mol. The van der Waals surface area contributed by atoms with Crippen LogP contribution in [0.3, 0.4) is 0 Å². The van der Waals surface area contributed by atoms with Crippen molar-refractivity contribution in [1.82, 2.24) is 0 Å². The number of likely N-dealkylation sites (N-methyl/N-ethyl adjacent to an activating group) is 1. The molecule has 0 spiro atoms. The predicted octanol–water partition coefficient (Wildman–Crippen LogP) is 3.57. The topological polar surface area (TPSA) is 58.6 Å². The monoisotopic (exact) mass is 378 g/mol. The van der Waals surface area contributed by atoms with Crippen LogP contribution in [0.5, 0.6) is 0 Å². The highest BCUT2D eigenvalue weighted by Crippen LogP contribution is 2.27. The fourth-order valence-corrected chi connectivity index (χ4v) is 4.05. The molecule has 2 aliphatic rings. The van der Waals surface area contributed by atoms with Crippen molar-refractivity contribution < 1.29 is 14.3 Å². The molecule has 1 fully saturated rings. The van der Waals surface area contributed by atoms with Crippen molar-refractivity contribution in [3.8, 4) is 0 Å². The highest BCUT2D eigenvalue weighted by atomic mass is 16.5. The van der Waals surface area contributed by atoms with Gasteiger partial charge in [-0.1, -0.05) is 24.3 Å². The lowest BCUT2D eigenvalue weighted by molar-refractivity contribution is -0.127. The van der Waals surface area contributed by atoms with Gasteiger partial charge >= 0.3 is 0 Å². The molecule has 2 aromatic rings. The summed E-state index contributed by atoms with van der Waals surface area (Å²) in [5.41, 5.74) is 4.18. The SMILES string of the molecule is CN(C(=O)[C@@H]1CCCO1)c1ccc(NC(=O)[C@H]2CCc3ccccc3C2)cc1. The highest BCUT2D eigenvalue weighted by molar-refractivity contribution is 5.97. The van der Waals surface area contributed by atoms with Gasteiger partial charge in [0, 0.05) is 30.9 Å². The largest absolute Gasteiger partial charge is 0.368 e. The Bertz CT molecular complexity index is 856. The van der Waals surface area contributed by atoms with Gasteiger partial charge in [0.2, 0.25) is 5.91 Å². The van der Waals surface area contributed by atoms with Gasteiger partial charge in [-0.05, 0) is 67.5 Å². The van der Waals surface area contributed by atoms with Crippen LogP contribution in [-0.4, -0.2) is 31.6 Å². The average Bonchev–Trinajstić information content (AvgIpc) is 3.28. The summed E-state index contributed by atoms with van der Waals surface area (Å²) >= 11 is 0. The fraction of sp³-hybridized carbons (Fsp3) is 0.391. The van der Waals surface area contributed by atoms with Crippen molar-refractivity contribution in [1.29, 1.82) is 0 Å². The van der Waals surface area contributed by atoms with Crippen LogP contribution in [0.2, 0.25) is 0 Å². The van der Waals surface area contributed by atoms with Crippen LogP contribution in [0.1, 0.15) is 30.4 Å². The molecule has 5 heteroatoms. The summed E-state index contributed by atoms with van der Waals surface area (Å²) in [6.45, 7) is 0.654. The zero-order valence-electron chi connectivity index (χ0n) is 16.2. The van der Waals surface area contributed by atoms with E-state index in [-0.39, 0.29) is 23.8 Å². The number of carbonyl (C=O) groups excluding carboxylic acids is 2. The van der Waals surface area contributed by atoms with Crippen molar-refractivity contribution in [2.75, 3.05) is 23.9 Å². The molecule has 0 unspecified atom stereocenters. The fourth-order valence-electron chi connectivity index (χ4n) is 4.05. The number of ether oxygens (including phenoxy) is 1. The van der Waals surface area contributed by atoms with Crippen LogP contribution < -0.4 is 10.2 Å².